The highest BCUT2D eigenvalue weighted by atomic mass is 32.2. The highest BCUT2D eigenvalue weighted by Crippen LogP contribution is 2.18. The van der Waals surface area contributed by atoms with Crippen molar-refractivity contribution in [3.8, 4) is 0 Å². The van der Waals surface area contributed by atoms with Gasteiger partial charge < -0.3 is 4.52 Å². The topological polar surface area (TPSA) is 99.1 Å². The van der Waals surface area contributed by atoms with E-state index in [1.165, 1.54) is 27.5 Å². The van der Waals surface area contributed by atoms with E-state index in [9.17, 15) is 13.2 Å². The first-order chi connectivity index (χ1) is 10.8. The zero-order chi connectivity index (χ0) is 16.8. The molecule has 8 nitrogen and oxygen atoms in total. The summed E-state index contributed by atoms with van der Waals surface area (Å²) in [4.78, 5) is 12.0. The quantitative estimate of drug-likeness (QED) is 0.754. The second-order valence-electron chi connectivity index (χ2n) is 5.30. The minimum Gasteiger partial charge on any atom is -0.364 e. The molecule has 9 heteroatoms. The predicted octanol–water partition coefficient (Wildman–Crippen LogP) is 0.652. The number of aryl methyl sites for hydroxylation is 3. The van der Waals surface area contributed by atoms with Gasteiger partial charge in [-0.05, 0) is 25.1 Å². The van der Waals surface area contributed by atoms with Crippen LogP contribution in [-0.4, -0.2) is 22.7 Å². The Morgan fingerprint density at radius 3 is 2.57 bits per heavy atom. The van der Waals surface area contributed by atoms with Crippen molar-refractivity contribution in [2.24, 2.45) is 14.1 Å². The number of imidazole rings is 1. The van der Waals surface area contributed by atoms with Gasteiger partial charge in [0.05, 0.1) is 21.6 Å². The van der Waals surface area contributed by atoms with Crippen LogP contribution < -0.4 is 10.4 Å². The first-order valence-electron chi connectivity index (χ1n) is 6.86. The fourth-order valence-corrected chi connectivity index (χ4v) is 3.42. The molecule has 0 unspecified atom stereocenters. The maximum atomic E-state index is 12.4. The van der Waals surface area contributed by atoms with E-state index >= 15 is 0 Å². The van der Waals surface area contributed by atoms with Crippen molar-refractivity contribution in [3.63, 3.8) is 0 Å². The normalized spacial score (nSPS) is 12.1. The van der Waals surface area contributed by atoms with E-state index < -0.39 is 10.0 Å². The van der Waals surface area contributed by atoms with E-state index in [0.29, 0.717) is 22.3 Å². The van der Waals surface area contributed by atoms with Gasteiger partial charge in [-0.3, -0.25) is 9.13 Å². The summed E-state index contributed by atoms with van der Waals surface area (Å²) in [5.74, 6) is 0. The highest BCUT2D eigenvalue weighted by Gasteiger charge is 2.17. The fourth-order valence-electron chi connectivity index (χ4n) is 2.39. The number of benzene rings is 1. The van der Waals surface area contributed by atoms with E-state index in [0.717, 1.165) is 0 Å². The molecule has 0 aliphatic rings. The average molecular weight is 336 g/mol. The summed E-state index contributed by atoms with van der Waals surface area (Å²) in [7, 11) is -0.458. The minimum absolute atomic E-state index is 0.0867. The number of aromatic nitrogens is 3. The molecule has 0 saturated heterocycles. The summed E-state index contributed by atoms with van der Waals surface area (Å²) in [6, 6.07) is 4.58. The zero-order valence-electron chi connectivity index (χ0n) is 12.9. The third-order valence-corrected chi connectivity index (χ3v) is 5.25. The SMILES string of the molecule is Cc1nocc1CNS(=O)(=O)c1ccc2c(c1)n(C)c(=O)n2C. The van der Waals surface area contributed by atoms with Crippen molar-refractivity contribution in [1.29, 1.82) is 0 Å². The van der Waals surface area contributed by atoms with E-state index in [-0.39, 0.29) is 17.1 Å². The first kappa shape index (κ1) is 15.5. The molecule has 23 heavy (non-hydrogen) atoms. The summed E-state index contributed by atoms with van der Waals surface area (Å²) in [5, 5.41) is 3.70. The van der Waals surface area contributed by atoms with Gasteiger partial charge in [-0.1, -0.05) is 5.16 Å². The summed E-state index contributed by atoms with van der Waals surface area (Å²) in [6.45, 7) is 1.82. The lowest BCUT2D eigenvalue weighted by molar-refractivity contribution is 0.414. The van der Waals surface area contributed by atoms with Gasteiger partial charge in [-0.25, -0.2) is 17.9 Å². The Morgan fingerprint density at radius 2 is 1.91 bits per heavy atom. The average Bonchev–Trinajstić information content (AvgIpc) is 3.03. The van der Waals surface area contributed by atoms with Gasteiger partial charge in [0.2, 0.25) is 10.0 Å². The number of fused-ring (bicyclic) bond motifs is 1. The molecule has 0 fully saturated rings. The van der Waals surface area contributed by atoms with Crippen molar-refractivity contribution in [2.45, 2.75) is 18.4 Å². The van der Waals surface area contributed by atoms with Crippen molar-refractivity contribution >= 4 is 21.1 Å². The van der Waals surface area contributed by atoms with Crippen LogP contribution in [0.25, 0.3) is 11.0 Å². The Kier molecular flexibility index (Phi) is 3.61. The smallest absolute Gasteiger partial charge is 0.328 e. The third-order valence-electron chi connectivity index (χ3n) is 3.86. The van der Waals surface area contributed by atoms with Crippen molar-refractivity contribution in [2.75, 3.05) is 0 Å². The number of nitrogens with zero attached hydrogens (tertiary/aromatic N) is 3. The van der Waals surface area contributed by atoms with Gasteiger partial charge in [-0.15, -0.1) is 0 Å². The van der Waals surface area contributed by atoms with Gasteiger partial charge in [0.25, 0.3) is 0 Å². The first-order valence-corrected chi connectivity index (χ1v) is 8.34. The van der Waals surface area contributed by atoms with Crippen LogP contribution in [0.5, 0.6) is 0 Å². The molecule has 3 aromatic rings. The molecule has 3 rings (SSSR count). The maximum absolute atomic E-state index is 12.4. The number of nitrogens with one attached hydrogen (secondary N) is 1. The van der Waals surface area contributed by atoms with Crippen LogP contribution in [0, 0.1) is 6.92 Å². The lowest BCUT2D eigenvalue weighted by Gasteiger charge is -2.06. The van der Waals surface area contributed by atoms with Gasteiger partial charge in [0.15, 0.2) is 0 Å². The van der Waals surface area contributed by atoms with Crippen molar-refractivity contribution < 1.29 is 12.9 Å². The van der Waals surface area contributed by atoms with Gasteiger partial charge in [-0.2, -0.15) is 0 Å². The number of sulfonamides is 1. The molecule has 0 atom stereocenters. The van der Waals surface area contributed by atoms with E-state index in [1.807, 2.05) is 0 Å². The molecule has 122 valence electrons. The molecule has 0 radical (unpaired) electrons. The Hall–Kier alpha value is -2.39. The van der Waals surface area contributed by atoms with E-state index in [2.05, 4.69) is 9.88 Å². The molecule has 0 bridgehead atoms. The van der Waals surface area contributed by atoms with Crippen LogP contribution in [0.1, 0.15) is 11.3 Å². The van der Waals surface area contributed by atoms with Crippen molar-refractivity contribution in [1.82, 2.24) is 19.0 Å². The molecule has 0 saturated carbocycles. The van der Waals surface area contributed by atoms with Gasteiger partial charge >= 0.3 is 5.69 Å². The third kappa shape index (κ3) is 2.57. The Labute approximate surface area is 132 Å². The highest BCUT2D eigenvalue weighted by molar-refractivity contribution is 7.89. The Balaban J connectivity index is 1.97. The molecule has 0 amide bonds. The molecule has 2 heterocycles. The molecule has 0 aliphatic carbocycles. The largest absolute Gasteiger partial charge is 0.364 e. The van der Waals surface area contributed by atoms with Crippen LogP contribution in [-0.2, 0) is 30.7 Å². The maximum Gasteiger partial charge on any atom is 0.328 e. The fraction of sp³-hybridized carbons (Fsp3) is 0.286. The predicted molar refractivity (Wildman–Crippen MR) is 83.4 cm³/mol. The van der Waals surface area contributed by atoms with Crippen LogP contribution in [0.3, 0.4) is 0 Å². The second-order valence-corrected chi connectivity index (χ2v) is 7.07. The summed E-state index contributed by atoms with van der Waals surface area (Å²) in [5.41, 5.74) is 2.32. The summed E-state index contributed by atoms with van der Waals surface area (Å²) in [6.07, 6.45) is 1.40. The van der Waals surface area contributed by atoms with Gasteiger partial charge in [0, 0.05) is 26.2 Å². The number of hydrogen-bond donors (Lipinski definition) is 1. The van der Waals surface area contributed by atoms with E-state index in [4.69, 9.17) is 4.52 Å². The zero-order valence-corrected chi connectivity index (χ0v) is 13.7. The lowest BCUT2D eigenvalue weighted by atomic mass is 10.3. The second kappa shape index (κ2) is 5.36. The molecule has 0 spiro atoms. The Morgan fingerprint density at radius 1 is 1.22 bits per heavy atom. The van der Waals surface area contributed by atoms with Crippen LogP contribution in [0.15, 0.2) is 38.7 Å². The van der Waals surface area contributed by atoms with Crippen LogP contribution in [0.2, 0.25) is 0 Å². The van der Waals surface area contributed by atoms with E-state index in [1.54, 1.807) is 27.1 Å². The summed E-state index contributed by atoms with van der Waals surface area (Å²) >= 11 is 0. The number of rotatable bonds is 4. The Bertz CT molecular complexity index is 1040. The number of hydrogen-bond acceptors (Lipinski definition) is 5. The molecule has 1 aromatic carbocycles. The molecule has 1 N–H and O–H groups in total. The van der Waals surface area contributed by atoms with Crippen LogP contribution in [0.4, 0.5) is 0 Å². The monoisotopic (exact) mass is 336 g/mol. The van der Waals surface area contributed by atoms with Crippen LogP contribution >= 0.6 is 0 Å². The molecule has 0 aliphatic heterocycles. The van der Waals surface area contributed by atoms with Crippen molar-refractivity contribution in [3.05, 3.63) is 46.2 Å². The lowest BCUT2D eigenvalue weighted by Crippen LogP contribution is -2.23. The standard InChI is InChI=1S/C14H16N4O4S/c1-9-10(8-22-16-9)7-15-23(20,21)11-4-5-12-13(6-11)18(3)14(19)17(12)2/h4-6,8,15H,7H2,1-3H3. The molecular formula is C14H16N4O4S. The van der Waals surface area contributed by atoms with Gasteiger partial charge in [0.1, 0.15) is 6.26 Å². The molecular weight excluding hydrogens is 320 g/mol. The summed E-state index contributed by atoms with van der Waals surface area (Å²) < 4.78 is 35.0. The minimum atomic E-state index is -3.71. The molecule has 2 aromatic heterocycles.